The zero-order valence-corrected chi connectivity index (χ0v) is 8.95. The van der Waals surface area contributed by atoms with Crippen molar-refractivity contribution in [1.82, 2.24) is 4.90 Å². The Labute approximate surface area is 84.2 Å². The number of esters is 1. The Bertz CT molecular complexity index is 232. The van der Waals surface area contributed by atoms with Crippen LogP contribution in [0.1, 0.15) is 33.6 Å². The Kier molecular flexibility index (Phi) is 3.13. The Morgan fingerprint density at radius 2 is 2.14 bits per heavy atom. The fourth-order valence-corrected chi connectivity index (χ4v) is 1.54. The van der Waals surface area contributed by atoms with Gasteiger partial charge in [0.05, 0.1) is 0 Å². The van der Waals surface area contributed by atoms with Crippen molar-refractivity contribution in [2.24, 2.45) is 0 Å². The van der Waals surface area contributed by atoms with Gasteiger partial charge < -0.3 is 9.64 Å². The molecule has 1 saturated heterocycles. The van der Waals surface area contributed by atoms with Gasteiger partial charge in [-0.1, -0.05) is 0 Å². The summed E-state index contributed by atoms with van der Waals surface area (Å²) in [6.07, 6.45) is 2.32. The van der Waals surface area contributed by atoms with Crippen LogP contribution in [0, 0.1) is 0 Å². The molecule has 0 spiro atoms. The van der Waals surface area contributed by atoms with E-state index >= 15 is 0 Å². The molecular weight excluding hydrogens is 182 g/mol. The van der Waals surface area contributed by atoms with E-state index in [1.165, 1.54) is 4.90 Å². The third kappa shape index (κ3) is 2.72. The van der Waals surface area contributed by atoms with Crippen molar-refractivity contribution >= 4 is 12.4 Å². The lowest BCUT2D eigenvalue weighted by atomic mass is 10.1. The van der Waals surface area contributed by atoms with Gasteiger partial charge in [-0.05, 0) is 33.6 Å². The van der Waals surface area contributed by atoms with Crippen LogP contribution in [0.25, 0.3) is 0 Å². The van der Waals surface area contributed by atoms with E-state index in [-0.39, 0.29) is 12.0 Å². The maximum absolute atomic E-state index is 11.6. The standard InChI is InChI=1S/C10H17NO3/c1-10(2,3)14-9(13)8-5-4-6-11(8)7-12/h7-8H,4-6H2,1-3H3. The molecule has 0 aliphatic carbocycles. The van der Waals surface area contributed by atoms with Crippen LogP contribution in [0.15, 0.2) is 0 Å². The van der Waals surface area contributed by atoms with Gasteiger partial charge in [0.1, 0.15) is 11.6 Å². The Morgan fingerprint density at radius 1 is 1.50 bits per heavy atom. The van der Waals surface area contributed by atoms with E-state index in [1.54, 1.807) is 0 Å². The summed E-state index contributed by atoms with van der Waals surface area (Å²) in [7, 11) is 0. The highest BCUT2D eigenvalue weighted by molar-refractivity contribution is 5.79. The molecule has 0 bridgehead atoms. The maximum atomic E-state index is 11.6. The first kappa shape index (κ1) is 11.0. The van der Waals surface area contributed by atoms with E-state index in [2.05, 4.69) is 0 Å². The van der Waals surface area contributed by atoms with Gasteiger partial charge in [-0.3, -0.25) is 4.79 Å². The lowest BCUT2D eigenvalue weighted by molar-refractivity contribution is -0.161. The van der Waals surface area contributed by atoms with Gasteiger partial charge in [0.2, 0.25) is 6.41 Å². The predicted molar refractivity (Wildman–Crippen MR) is 51.6 cm³/mol. The number of carbonyl (C=O) groups excluding carboxylic acids is 2. The second kappa shape index (κ2) is 3.98. The molecule has 1 rings (SSSR count). The summed E-state index contributed by atoms with van der Waals surface area (Å²) in [5, 5.41) is 0. The molecule has 1 aliphatic rings. The largest absolute Gasteiger partial charge is 0.458 e. The summed E-state index contributed by atoms with van der Waals surface area (Å²) in [5.41, 5.74) is -0.478. The molecule has 4 nitrogen and oxygen atoms in total. The molecule has 0 saturated carbocycles. The van der Waals surface area contributed by atoms with E-state index in [1.807, 2.05) is 20.8 Å². The molecule has 14 heavy (non-hydrogen) atoms. The highest BCUT2D eigenvalue weighted by Crippen LogP contribution is 2.19. The number of amides is 1. The molecule has 4 heteroatoms. The number of hydrogen-bond acceptors (Lipinski definition) is 3. The van der Waals surface area contributed by atoms with Crippen LogP contribution >= 0.6 is 0 Å². The molecular formula is C10H17NO3. The van der Waals surface area contributed by atoms with Crippen LogP contribution < -0.4 is 0 Å². The van der Waals surface area contributed by atoms with E-state index in [4.69, 9.17) is 4.74 Å². The number of carbonyl (C=O) groups is 2. The molecule has 80 valence electrons. The van der Waals surface area contributed by atoms with E-state index in [9.17, 15) is 9.59 Å². The van der Waals surface area contributed by atoms with Crippen molar-refractivity contribution in [3.05, 3.63) is 0 Å². The van der Waals surface area contributed by atoms with Crippen molar-refractivity contribution in [2.75, 3.05) is 6.54 Å². The Hall–Kier alpha value is -1.06. The third-order valence-electron chi connectivity index (χ3n) is 2.11. The zero-order chi connectivity index (χ0) is 10.8. The van der Waals surface area contributed by atoms with Crippen molar-refractivity contribution in [2.45, 2.75) is 45.3 Å². The van der Waals surface area contributed by atoms with Crippen LogP contribution in [0.3, 0.4) is 0 Å². The SMILES string of the molecule is CC(C)(C)OC(=O)C1CCCN1C=O. The quantitative estimate of drug-likeness (QED) is 0.491. The monoisotopic (exact) mass is 199 g/mol. The van der Waals surface area contributed by atoms with Gasteiger partial charge in [-0.25, -0.2) is 4.79 Å². The average molecular weight is 199 g/mol. The minimum Gasteiger partial charge on any atom is -0.458 e. The van der Waals surface area contributed by atoms with Crippen molar-refractivity contribution in [3.8, 4) is 0 Å². The molecule has 1 amide bonds. The van der Waals surface area contributed by atoms with E-state index < -0.39 is 5.60 Å². The van der Waals surface area contributed by atoms with Crippen molar-refractivity contribution < 1.29 is 14.3 Å². The lowest BCUT2D eigenvalue weighted by Gasteiger charge is -2.25. The van der Waals surface area contributed by atoms with Crippen molar-refractivity contribution in [1.29, 1.82) is 0 Å². The average Bonchev–Trinajstić information content (AvgIpc) is 2.47. The molecule has 0 radical (unpaired) electrons. The van der Waals surface area contributed by atoms with Gasteiger partial charge in [0.15, 0.2) is 0 Å². The van der Waals surface area contributed by atoms with Crippen LogP contribution in [-0.2, 0) is 14.3 Å². The number of rotatable bonds is 2. The molecule has 1 atom stereocenters. The highest BCUT2D eigenvalue weighted by atomic mass is 16.6. The Balaban J connectivity index is 2.56. The summed E-state index contributed by atoms with van der Waals surface area (Å²) in [5.74, 6) is -0.290. The van der Waals surface area contributed by atoms with E-state index in [0.717, 1.165) is 12.8 Å². The molecule has 0 aromatic heterocycles. The van der Waals surface area contributed by atoms with Gasteiger partial charge in [-0.2, -0.15) is 0 Å². The van der Waals surface area contributed by atoms with Crippen LogP contribution in [0.2, 0.25) is 0 Å². The molecule has 1 aliphatic heterocycles. The molecule has 0 N–H and O–H groups in total. The van der Waals surface area contributed by atoms with Gasteiger partial charge in [0.25, 0.3) is 0 Å². The van der Waals surface area contributed by atoms with Crippen molar-refractivity contribution in [3.63, 3.8) is 0 Å². The van der Waals surface area contributed by atoms with Gasteiger partial charge >= 0.3 is 5.97 Å². The normalized spacial score (nSPS) is 22.2. The van der Waals surface area contributed by atoms with Crippen LogP contribution in [0.4, 0.5) is 0 Å². The minimum atomic E-state index is -0.478. The lowest BCUT2D eigenvalue weighted by Crippen LogP contribution is -2.39. The fourth-order valence-electron chi connectivity index (χ4n) is 1.54. The summed E-state index contributed by atoms with van der Waals surface area (Å²) in [4.78, 5) is 23.7. The Morgan fingerprint density at radius 3 is 2.64 bits per heavy atom. The number of ether oxygens (including phenoxy) is 1. The first-order valence-electron chi connectivity index (χ1n) is 4.88. The van der Waals surface area contributed by atoms with Gasteiger partial charge in [0, 0.05) is 6.54 Å². The number of hydrogen-bond donors (Lipinski definition) is 0. The van der Waals surface area contributed by atoms with E-state index in [0.29, 0.717) is 13.0 Å². The number of nitrogens with zero attached hydrogens (tertiary/aromatic N) is 1. The summed E-state index contributed by atoms with van der Waals surface area (Å²) >= 11 is 0. The molecule has 1 unspecified atom stereocenters. The summed E-state index contributed by atoms with van der Waals surface area (Å²) < 4.78 is 5.21. The summed E-state index contributed by atoms with van der Waals surface area (Å²) in [6, 6.07) is -0.369. The molecule has 0 aromatic rings. The highest BCUT2D eigenvalue weighted by Gasteiger charge is 2.33. The maximum Gasteiger partial charge on any atom is 0.329 e. The zero-order valence-electron chi connectivity index (χ0n) is 8.95. The van der Waals surface area contributed by atoms with Crippen LogP contribution in [-0.4, -0.2) is 35.5 Å². The van der Waals surface area contributed by atoms with Crippen LogP contribution in [0.5, 0.6) is 0 Å². The number of likely N-dealkylation sites (tertiary alicyclic amines) is 1. The smallest absolute Gasteiger partial charge is 0.329 e. The topological polar surface area (TPSA) is 46.6 Å². The predicted octanol–water partition coefficient (Wildman–Crippen LogP) is 0.949. The summed E-state index contributed by atoms with van der Waals surface area (Å²) in [6.45, 7) is 6.13. The molecule has 1 heterocycles. The second-order valence-corrected chi connectivity index (χ2v) is 4.53. The second-order valence-electron chi connectivity index (χ2n) is 4.53. The first-order chi connectivity index (χ1) is 6.44. The molecule has 1 fully saturated rings. The third-order valence-corrected chi connectivity index (χ3v) is 2.11. The molecule has 0 aromatic carbocycles. The minimum absolute atomic E-state index is 0.290. The first-order valence-corrected chi connectivity index (χ1v) is 4.88. The fraction of sp³-hybridized carbons (Fsp3) is 0.800. The van der Waals surface area contributed by atoms with Gasteiger partial charge in [-0.15, -0.1) is 0 Å².